The lowest BCUT2D eigenvalue weighted by Gasteiger charge is -2.41. The van der Waals surface area contributed by atoms with Gasteiger partial charge >= 0.3 is 0 Å². The van der Waals surface area contributed by atoms with E-state index in [1.165, 1.54) is 35.6 Å². The van der Waals surface area contributed by atoms with Crippen molar-refractivity contribution in [2.75, 3.05) is 6.54 Å². The summed E-state index contributed by atoms with van der Waals surface area (Å²) in [5, 5.41) is 2.54. The van der Waals surface area contributed by atoms with Gasteiger partial charge in [-0.2, -0.15) is 0 Å². The number of nitrogens with two attached hydrogens (primary N) is 1. The number of rotatable bonds is 2. The highest BCUT2D eigenvalue weighted by Gasteiger charge is 2.37. The van der Waals surface area contributed by atoms with Gasteiger partial charge in [-0.25, -0.2) is 0 Å². The van der Waals surface area contributed by atoms with Gasteiger partial charge in [0.05, 0.1) is 0 Å². The van der Waals surface area contributed by atoms with Gasteiger partial charge in [-0.05, 0) is 42.8 Å². The fourth-order valence-corrected chi connectivity index (χ4v) is 2.86. The largest absolute Gasteiger partial charge is 0.330 e. The van der Waals surface area contributed by atoms with E-state index >= 15 is 0 Å². The SMILES string of the molecule is Cc1nccc2ccc(C3(CN)CCC3)cc12. The van der Waals surface area contributed by atoms with E-state index in [9.17, 15) is 0 Å². The fourth-order valence-electron chi connectivity index (χ4n) is 2.86. The Bertz CT molecular complexity index is 550. The summed E-state index contributed by atoms with van der Waals surface area (Å²) in [5.74, 6) is 0. The van der Waals surface area contributed by atoms with Crippen LogP contribution < -0.4 is 5.73 Å². The first-order chi connectivity index (χ1) is 8.25. The Morgan fingerprint density at radius 3 is 2.76 bits per heavy atom. The Balaban J connectivity index is 2.16. The summed E-state index contributed by atoms with van der Waals surface area (Å²) in [6, 6.07) is 8.81. The molecule has 1 aromatic heterocycles. The van der Waals surface area contributed by atoms with E-state index in [-0.39, 0.29) is 5.41 Å². The van der Waals surface area contributed by atoms with Crippen LogP contribution in [0.15, 0.2) is 30.5 Å². The summed E-state index contributed by atoms with van der Waals surface area (Å²) in [5.41, 5.74) is 8.72. The number of fused-ring (bicyclic) bond motifs is 1. The maximum absolute atomic E-state index is 5.97. The van der Waals surface area contributed by atoms with Gasteiger partial charge in [0.25, 0.3) is 0 Å². The lowest BCUT2D eigenvalue weighted by atomic mass is 9.64. The maximum Gasteiger partial charge on any atom is 0.0451 e. The summed E-state index contributed by atoms with van der Waals surface area (Å²) in [6.45, 7) is 2.83. The standard InChI is InChI=1S/C15H18N2/c1-11-14-9-13(15(10-16)6-2-7-15)4-3-12(14)5-8-17-11/h3-5,8-9H,2,6-7,10,16H2,1H3. The molecule has 1 heterocycles. The first kappa shape index (κ1) is 10.7. The predicted octanol–water partition coefficient (Wildman–Crippen LogP) is 2.92. The Kier molecular flexibility index (Phi) is 2.40. The second-order valence-corrected chi connectivity index (χ2v) is 5.17. The van der Waals surface area contributed by atoms with Gasteiger partial charge < -0.3 is 5.73 Å². The molecule has 1 aliphatic carbocycles. The Morgan fingerprint density at radius 2 is 2.12 bits per heavy atom. The molecule has 1 aromatic carbocycles. The minimum absolute atomic E-state index is 0.246. The first-order valence-corrected chi connectivity index (χ1v) is 6.31. The van der Waals surface area contributed by atoms with Gasteiger partial charge in [-0.15, -0.1) is 0 Å². The molecule has 0 bridgehead atoms. The van der Waals surface area contributed by atoms with E-state index in [0.29, 0.717) is 0 Å². The quantitative estimate of drug-likeness (QED) is 0.855. The minimum Gasteiger partial charge on any atom is -0.330 e. The molecule has 3 rings (SSSR count). The van der Waals surface area contributed by atoms with E-state index in [2.05, 4.69) is 36.2 Å². The van der Waals surface area contributed by atoms with E-state index < -0.39 is 0 Å². The summed E-state index contributed by atoms with van der Waals surface area (Å²) in [4.78, 5) is 4.37. The van der Waals surface area contributed by atoms with Crippen molar-refractivity contribution in [2.24, 2.45) is 5.73 Å². The fraction of sp³-hybridized carbons (Fsp3) is 0.400. The number of pyridine rings is 1. The molecule has 1 fully saturated rings. The van der Waals surface area contributed by atoms with Gasteiger partial charge in [-0.3, -0.25) is 4.98 Å². The number of benzene rings is 1. The van der Waals surface area contributed by atoms with Crippen LogP contribution in [-0.4, -0.2) is 11.5 Å². The molecule has 0 spiro atoms. The zero-order valence-corrected chi connectivity index (χ0v) is 10.2. The first-order valence-electron chi connectivity index (χ1n) is 6.31. The second-order valence-electron chi connectivity index (χ2n) is 5.17. The highest BCUT2D eigenvalue weighted by Crippen LogP contribution is 2.43. The van der Waals surface area contributed by atoms with Gasteiger partial charge in [0.15, 0.2) is 0 Å². The molecule has 0 saturated heterocycles. The van der Waals surface area contributed by atoms with Gasteiger partial charge in [-0.1, -0.05) is 18.6 Å². The molecule has 2 nitrogen and oxygen atoms in total. The van der Waals surface area contributed by atoms with Crippen LogP contribution in [0.1, 0.15) is 30.5 Å². The van der Waals surface area contributed by atoms with E-state index in [1.807, 2.05) is 6.20 Å². The highest BCUT2D eigenvalue weighted by atomic mass is 14.7. The second kappa shape index (κ2) is 3.81. The van der Waals surface area contributed by atoms with Crippen LogP contribution in [0, 0.1) is 6.92 Å². The van der Waals surface area contributed by atoms with E-state index in [4.69, 9.17) is 5.73 Å². The van der Waals surface area contributed by atoms with Crippen LogP contribution >= 0.6 is 0 Å². The summed E-state index contributed by atoms with van der Waals surface area (Å²) in [7, 11) is 0. The molecule has 17 heavy (non-hydrogen) atoms. The van der Waals surface area contributed by atoms with Crippen molar-refractivity contribution in [3.05, 3.63) is 41.7 Å². The van der Waals surface area contributed by atoms with Crippen LogP contribution in [0.3, 0.4) is 0 Å². The predicted molar refractivity (Wildman–Crippen MR) is 71.1 cm³/mol. The summed E-state index contributed by atoms with van der Waals surface area (Å²) >= 11 is 0. The van der Waals surface area contributed by atoms with Crippen LogP contribution in [0.2, 0.25) is 0 Å². The van der Waals surface area contributed by atoms with Crippen molar-refractivity contribution in [2.45, 2.75) is 31.6 Å². The molecule has 0 amide bonds. The average molecular weight is 226 g/mol. The highest BCUT2D eigenvalue weighted by molar-refractivity contribution is 5.85. The van der Waals surface area contributed by atoms with Gasteiger partial charge in [0.2, 0.25) is 0 Å². The zero-order valence-electron chi connectivity index (χ0n) is 10.2. The summed E-state index contributed by atoms with van der Waals surface area (Å²) in [6.07, 6.45) is 5.64. The number of aromatic nitrogens is 1. The van der Waals surface area contributed by atoms with Crippen molar-refractivity contribution in [1.29, 1.82) is 0 Å². The lowest BCUT2D eigenvalue weighted by Crippen LogP contribution is -2.41. The zero-order chi connectivity index (χ0) is 11.9. The minimum atomic E-state index is 0.246. The molecular weight excluding hydrogens is 208 g/mol. The van der Waals surface area contributed by atoms with Crippen LogP contribution in [0.25, 0.3) is 10.8 Å². The van der Waals surface area contributed by atoms with Crippen molar-refractivity contribution in [3.8, 4) is 0 Å². The molecule has 1 saturated carbocycles. The average Bonchev–Trinajstić information content (AvgIpc) is 2.29. The van der Waals surface area contributed by atoms with Crippen LogP contribution in [0.5, 0.6) is 0 Å². The van der Waals surface area contributed by atoms with E-state index in [0.717, 1.165) is 12.2 Å². The lowest BCUT2D eigenvalue weighted by molar-refractivity contribution is 0.253. The summed E-state index contributed by atoms with van der Waals surface area (Å²) < 4.78 is 0. The third-order valence-electron chi connectivity index (χ3n) is 4.28. The Labute approximate surface area is 102 Å². The van der Waals surface area contributed by atoms with Crippen molar-refractivity contribution < 1.29 is 0 Å². The molecule has 2 aromatic rings. The number of hydrogen-bond donors (Lipinski definition) is 1. The monoisotopic (exact) mass is 226 g/mol. The van der Waals surface area contributed by atoms with Crippen molar-refractivity contribution >= 4 is 10.8 Å². The number of aryl methyl sites for hydroxylation is 1. The van der Waals surface area contributed by atoms with E-state index in [1.54, 1.807) is 0 Å². The molecule has 0 unspecified atom stereocenters. The molecular formula is C15H18N2. The van der Waals surface area contributed by atoms with Gasteiger partial charge in [0.1, 0.15) is 0 Å². The molecule has 1 aliphatic rings. The molecule has 0 atom stereocenters. The molecule has 2 N–H and O–H groups in total. The molecule has 0 radical (unpaired) electrons. The van der Waals surface area contributed by atoms with Crippen LogP contribution in [-0.2, 0) is 5.41 Å². The van der Waals surface area contributed by atoms with Crippen molar-refractivity contribution in [3.63, 3.8) is 0 Å². The number of hydrogen-bond acceptors (Lipinski definition) is 2. The number of nitrogens with zero attached hydrogens (tertiary/aromatic N) is 1. The Hall–Kier alpha value is -1.41. The molecule has 0 aliphatic heterocycles. The smallest absolute Gasteiger partial charge is 0.0451 e. The normalized spacial score (nSPS) is 18.0. The molecule has 88 valence electrons. The molecule has 2 heteroatoms. The Morgan fingerprint density at radius 1 is 1.29 bits per heavy atom. The van der Waals surface area contributed by atoms with Gasteiger partial charge in [0, 0.05) is 29.2 Å². The van der Waals surface area contributed by atoms with Crippen molar-refractivity contribution in [1.82, 2.24) is 4.98 Å². The third-order valence-corrected chi connectivity index (χ3v) is 4.28. The maximum atomic E-state index is 5.97. The topological polar surface area (TPSA) is 38.9 Å². The third kappa shape index (κ3) is 1.55. The van der Waals surface area contributed by atoms with Crippen LogP contribution in [0.4, 0.5) is 0 Å².